The van der Waals surface area contributed by atoms with Crippen LogP contribution in [0.2, 0.25) is 0 Å². The fourth-order valence-corrected chi connectivity index (χ4v) is 2.41. The van der Waals surface area contributed by atoms with Crippen molar-refractivity contribution in [1.29, 1.82) is 0 Å². The lowest BCUT2D eigenvalue weighted by molar-refractivity contribution is -0.385. The zero-order valence-electron chi connectivity index (χ0n) is 15.3. The molecule has 2 aromatic rings. The summed E-state index contributed by atoms with van der Waals surface area (Å²) in [6.45, 7) is 3.29. The number of hydrogen-bond donors (Lipinski definition) is 0. The Bertz CT molecular complexity index is 874. The molecular weight excluding hydrogens is 354 g/mol. The largest absolute Gasteiger partial charge is 0.493 e. The Kier molecular flexibility index (Phi) is 6.12. The van der Waals surface area contributed by atoms with Crippen molar-refractivity contribution in [3.8, 4) is 11.5 Å². The van der Waals surface area contributed by atoms with Gasteiger partial charge in [-0.2, -0.15) is 0 Å². The summed E-state index contributed by atoms with van der Waals surface area (Å²) in [4.78, 5) is 35.4. The van der Waals surface area contributed by atoms with Crippen LogP contribution in [0.15, 0.2) is 36.4 Å². The molecule has 27 heavy (non-hydrogen) atoms. The second kappa shape index (κ2) is 8.31. The summed E-state index contributed by atoms with van der Waals surface area (Å²) in [7, 11) is 2.66. The van der Waals surface area contributed by atoms with Gasteiger partial charge in [0.25, 0.3) is 5.69 Å². The topological polar surface area (TPSA) is 105 Å². The van der Waals surface area contributed by atoms with Crippen LogP contribution in [0.1, 0.15) is 33.2 Å². The van der Waals surface area contributed by atoms with Crippen molar-refractivity contribution in [2.24, 2.45) is 0 Å². The van der Waals surface area contributed by atoms with E-state index >= 15 is 0 Å². The average molecular weight is 373 g/mol. The molecule has 2 rings (SSSR count). The van der Waals surface area contributed by atoms with Crippen LogP contribution in [0, 0.1) is 17.0 Å². The van der Waals surface area contributed by atoms with Gasteiger partial charge in [0.05, 0.1) is 25.2 Å². The molecule has 0 N–H and O–H groups in total. The standard InChI is InChI=1S/C19H19NO7/c1-11-5-7-13(8-6-11)18(21)12(2)27-19(22)14-9-16(25-3)17(26-4)10-15(14)20(23)24/h5-10,12H,1-4H3/t12-/m0/s1. The van der Waals surface area contributed by atoms with E-state index in [1.165, 1.54) is 21.1 Å². The average Bonchev–Trinajstić information content (AvgIpc) is 2.66. The van der Waals surface area contributed by atoms with Crippen molar-refractivity contribution in [2.45, 2.75) is 20.0 Å². The van der Waals surface area contributed by atoms with E-state index in [-0.39, 0.29) is 17.1 Å². The van der Waals surface area contributed by atoms with Gasteiger partial charge in [-0.15, -0.1) is 0 Å². The molecule has 0 fully saturated rings. The fourth-order valence-electron chi connectivity index (χ4n) is 2.41. The molecule has 0 spiro atoms. The molecular formula is C19H19NO7. The summed E-state index contributed by atoms with van der Waals surface area (Å²) in [6.07, 6.45) is -1.12. The smallest absolute Gasteiger partial charge is 0.346 e. The van der Waals surface area contributed by atoms with Crippen molar-refractivity contribution in [2.75, 3.05) is 14.2 Å². The highest BCUT2D eigenvalue weighted by atomic mass is 16.6. The second-order valence-corrected chi connectivity index (χ2v) is 5.76. The summed E-state index contributed by atoms with van der Waals surface area (Å²) in [6, 6.07) is 9.01. The van der Waals surface area contributed by atoms with E-state index in [1.54, 1.807) is 24.3 Å². The molecule has 0 saturated carbocycles. The van der Waals surface area contributed by atoms with E-state index in [0.717, 1.165) is 17.7 Å². The molecule has 1 atom stereocenters. The fraction of sp³-hybridized carbons (Fsp3) is 0.263. The number of esters is 1. The van der Waals surface area contributed by atoms with Gasteiger partial charge < -0.3 is 14.2 Å². The van der Waals surface area contributed by atoms with E-state index in [2.05, 4.69) is 0 Å². The number of carbonyl (C=O) groups is 2. The monoisotopic (exact) mass is 373 g/mol. The van der Waals surface area contributed by atoms with Gasteiger partial charge in [0.15, 0.2) is 17.6 Å². The van der Waals surface area contributed by atoms with Crippen molar-refractivity contribution in [3.05, 3.63) is 63.2 Å². The normalized spacial score (nSPS) is 11.4. The molecule has 8 heteroatoms. The zero-order chi connectivity index (χ0) is 20.1. The molecule has 0 amide bonds. The minimum atomic E-state index is -1.12. The number of aryl methyl sites for hydroxylation is 1. The van der Waals surface area contributed by atoms with E-state index < -0.39 is 28.5 Å². The quantitative estimate of drug-likeness (QED) is 0.317. The van der Waals surface area contributed by atoms with Gasteiger partial charge in [0.1, 0.15) is 5.56 Å². The van der Waals surface area contributed by atoms with Crippen LogP contribution in [0.3, 0.4) is 0 Å². The van der Waals surface area contributed by atoms with E-state index in [4.69, 9.17) is 14.2 Å². The van der Waals surface area contributed by atoms with Crippen LogP contribution in [0.5, 0.6) is 11.5 Å². The van der Waals surface area contributed by atoms with Gasteiger partial charge >= 0.3 is 5.97 Å². The molecule has 0 aromatic heterocycles. The summed E-state index contributed by atoms with van der Waals surface area (Å²) in [5, 5.41) is 11.3. The van der Waals surface area contributed by atoms with Gasteiger partial charge in [-0.3, -0.25) is 14.9 Å². The Morgan fingerprint density at radius 1 is 1.04 bits per heavy atom. The minimum absolute atomic E-state index is 0.101. The Hall–Kier alpha value is -3.42. The maximum atomic E-state index is 12.5. The maximum absolute atomic E-state index is 12.5. The molecule has 8 nitrogen and oxygen atoms in total. The predicted octanol–water partition coefficient (Wildman–Crippen LogP) is 3.35. The Balaban J connectivity index is 2.29. The molecule has 0 aliphatic rings. The molecule has 0 aliphatic heterocycles. The lowest BCUT2D eigenvalue weighted by Gasteiger charge is -2.14. The summed E-state index contributed by atoms with van der Waals surface area (Å²) in [5.74, 6) is -1.18. The molecule has 0 bridgehead atoms. The second-order valence-electron chi connectivity index (χ2n) is 5.76. The van der Waals surface area contributed by atoms with Crippen molar-refractivity contribution >= 4 is 17.4 Å². The van der Waals surface area contributed by atoms with Gasteiger partial charge in [0.2, 0.25) is 5.78 Å². The Morgan fingerprint density at radius 3 is 2.11 bits per heavy atom. The van der Waals surface area contributed by atoms with Gasteiger partial charge in [-0.05, 0) is 13.8 Å². The van der Waals surface area contributed by atoms with Crippen LogP contribution in [-0.2, 0) is 4.74 Å². The van der Waals surface area contributed by atoms with E-state index in [1.807, 2.05) is 6.92 Å². The molecule has 142 valence electrons. The Labute approximate surface area is 155 Å². The van der Waals surface area contributed by atoms with Crippen LogP contribution < -0.4 is 9.47 Å². The first-order valence-electron chi connectivity index (χ1n) is 8.00. The number of carbonyl (C=O) groups excluding carboxylic acids is 2. The number of methoxy groups -OCH3 is 2. The number of hydrogen-bond acceptors (Lipinski definition) is 7. The molecule has 0 aliphatic carbocycles. The maximum Gasteiger partial charge on any atom is 0.346 e. The highest BCUT2D eigenvalue weighted by molar-refractivity contribution is 6.02. The number of ether oxygens (including phenoxy) is 3. The minimum Gasteiger partial charge on any atom is -0.493 e. The number of rotatable bonds is 7. The third-order valence-electron chi connectivity index (χ3n) is 3.91. The lowest BCUT2D eigenvalue weighted by atomic mass is 10.1. The first-order chi connectivity index (χ1) is 12.8. The third kappa shape index (κ3) is 4.41. The molecule has 0 radical (unpaired) electrons. The van der Waals surface area contributed by atoms with Crippen LogP contribution in [0.25, 0.3) is 0 Å². The molecule has 0 heterocycles. The number of Topliss-reactive ketones (excluding diaryl/α,β-unsaturated/α-hetero) is 1. The molecule has 0 saturated heterocycles. The lowest BCUT2D eigenvalue weighted by Crippen LogP contribution is -2.25. The number of ketones is 1. The highest BCUT2D eigenvalue weighted by Crippen LogP contribution is 2.35. The summed E-state index contributed by atoms with van der Waals surface area (Å²) >= 11 is 0. The first kappa shape index (κ1) is 19.9. The number of benzene rings is 2. The van der Waals surface area contributed by atoms with Crippen molar-refractivity contribution in [1.82, 2.24) is 0 Å². The first-order valence-corrected chi connectivity index (χ1v) is 8.00. The molecule has 0 unspecified atom stereocenters. The molecule has 2 aromatic carbocycles. The van der Waals surface area contributed by atoms with Crippen LogP contribution >= 0.6 is 0 Å². The van der Waals surface area contributed by atoms with Crippen LogP contribution in [-0.4, -0.2) is 37.0 Å². The summed E-state index contributed by atoms with van der Waals surface area (Å²) < 4.78 is 15.2. The highest BCUT2D eigenvalue weighted by Gasteiger charge is 2.28. The van der Waals surface area contributed by atoms with Crippen molar-refractivity contribution < 1.29 is 28.7 Å². The number of nitro benzene ring substituents is 1. The van der Waals surface area contributed by atoms with Gasteiger partial charge in [-0.25, -0.2) is 4.79 Å². The number of nitrogens with zero attached hydrogens (tertiary/aromatic N) is 1. The zero-order valence-corrected chi connectivity index (χ0v) is 15.3. The van der Waals surface area contributed by atoms with E-state index in [9.17, 15) is 19.7 Å². The number of nitro groups is 1. The predicted molar refractivity (Wildman–Crippen MR) is 96.6 cm³/mol. The Morgan fingerprint density at radius 2 is 1.59 bits per heavy atom. The third-order valence-corrected chi connectivity index (χ3v) is 3.91. The van der Waals surface area contributed by atoms with Gasteiger partial charge in [0, 0.05) is 11.6 Å². The SMILES string of the molecule is COc1cc(C(=O)O[C@@H](C)C(=O)c2ccc(C)cc2)c([N+](=O)[O-])cc1OC. The van der Waals surface area contributed by atoms with E-state index in [0.29, 0.717) is 5.56 Å². The summed E-state index contributed by atoms with van der Waals surface area (Å²) in [5.41, 5.74) is 0.522. The van der Waals surface area contributed by atoms with Crippen molar-refractivity contribution in [3.63, 3.8) is 0 Å². The van der Waals surface area contributed by atoms with Crippen LogP contribution in [0.4, 0.5) is 5.69 Å². The van der Waals surface area contributed by atoms with Gasteiger partial charge in [-0.1, -0.05) is 29.8 Å².